The highest BCUT2D eigenvalue weighted by molar-refractivity contribution is 5.99. The molecule has 0 aliphatic heterocycles. The van der Waals surface area contributed by atoms with Crippen LogP contribution in [0.5, 0.6) is 0 Å². The van der Waals surface area contributed by atoms with E-state index >= 15 is 0 Å². The lowest BCUT2D eigenvalue weighted by Gasteiger charge is -2.07. The van der Waals surface area contributed by atoms with Gasteiger partial charge in [0, 0.05) is 12.2 Å². The number of rotatable bonds is 3. The molecule has 0 aromatic heterocycles. The highest BCUT2D eigenvalue weighted by Crippen LogP contribution is 2.16. The van der Waals surface area contributed by atoms with Crippen molar-refractivity contribution in [2.75, 3.05) is 5.32 Å². The Labute approximate surface area is 83.6 Å². The molecule has 0 radical (unpaired) electrons. The van der Waals surface area contributed by atoms with Gasteiger partial charge in [-0.15, -0.1) is 0 Å². The standard InChI is InChI=1S/C11H14N2O/c1-3-11(14)13-10-6-9(7-12)5-4-8(10)2/h3-6H,1,7,12H2,2H3,(H,13,14). The van der Waals surface area contributed by atoms with Crippen LogP contribution in [-0.4, -0.2) is 5.91 Å². The number of carbonyl (C=O) groups excluding carboxylic acids is 1. The minimum atomic E-state index is -0.206. The lowest BCUT2D eigenvalue weighted by atomic mass is 10.1. The van der Waals surface area contributed by atoms with Crippen molar-refractivity contribution in [3.05, 3.63) is 42.0 Å². The molecule has 0 aliphatic carbocycles. The van der Waals surface area contributed by atoms with Crippen LogP contribution in [0.25, 0.3) is 0 Å². The van der Waals surface area contributed by atoms with Gasteiger partial charge in [-0.05, 0) is 30.2 Å². The van der Waals surface area contributed by atoms with Gasteiger partial charge in [0.05, 0.1) is 0 Å². The first-order valence-electron chi connectivity index (χ1n) is 4.40. The lowest BCUT2D eigenvalue weighted by molar-refractivity contribution is -0.111. The summed E-state index contributed by atoms with van der Waals surface area (Å²) >= 11 is 0. The number of nitrogens with one attached hydrogen (secondary N) is 1. The van der Waals surface area contributed by atoms with Crippen molar-refractivity contribution >= 4 is 11.6 Å². The van der Waals surface area contributed by atoms with E-state index in [4.69, 9.17) is 5.73 Å². The summed E-state index contributed by atoms with van der Waals surface area (Å²) in [6.07, 6.45) is 1.24. The third-order valence-corrected chi connectivity index (χ3v) is 1.98. The summed E-state index contributed by atoms with van der Waals surface area (Å²) in [5, 5.41) is 2.72. The van der Waals surface area contributed by atoms with Crippen molar-refractivity contribution in [3.8, 4) is 0 Å². The average molecular weight is 190 g/mol. The molecular formula is C11H14N2O. The topological polar surface area (TPSA) is 55.1 Å². The Morgan fingerprint density at radius 1 is 1.64 bits per heavy atom. The predicted molar refractivity (Wildman–Crippen MR) is 57.9 cm³/mol. The van der Waals surface area contributed by atoms with Crippen LogP contribution < -0.4 is 11.1 Å². The van der Waals surface area contributed by atoms with Crippen LogP contribution in [0.3, 0.4) is 0 Å². The smallest absolute Gasteiger partial charge is 0.247 e. The number of benzene rings is 1. The molecule has 0 fully saturated rings. The molecule has 0 heterocycles. The molecule has 0 aliphatic rings. The van der Waals surface area contributed by atoms with Gasteiger partial charge in [-0.3, -0.25) is 4.79 Å². The second kappa shape index (κ2) is 4.58. The monoisotopic (exact) mass is 190 g/mol. The van der Waals surface area contributed by atoms with Crippen LogP contribution in [0, 0.1) is 6.92 Å². The van der Waals surface area contributed by atoms with E-state index in [0.29, 0.717) is 6.54 Å². The van der Waals surface area contributed by atoms with Crippen LogP contribution >= 0.6 is 0 Å². The summed E-state index contributed by atoms with van der Waals surface area (Å²) in [5.74, 6) is -0.206. The van der Waals surface area contributed by atoms with Gasteiger partial charge in [0.25, 0.3) is 0 Å². The highest BCUT2D eigenvalue weighted by Gasteiger charge is 2.01. The minimum Gasteiger partial charge on any atom is -0.326 e. The molecule has 0 atom stereocenters. The summed E-state index contributed by atoms with van der Waals surface area (Å²) in [4.78, 5) is 11.1. The van der Waals surface area contributed by atoms with Crippen LogP contribution in [0.2, 0.25) is 0 Å². The van der Waals surface area contributed by atoms with E-state index in [-0.39, 0.29) is 5.91 Å². The Morgan fingerprint density at radius 3 is 2.93 bits per heavy atom. The molecule has 1 aromatic carbocycles. The van der Waals surface area contributed by atoms with Gasteiger partial charge in [-0.1, -0.05) is 18.7 Å². The fourth-order valence-electron chi connectivity index (χ4n) is 1.11. The molecule has 0 saturated heterocycles. The molecule has 0 unspecified atom stereocenters. The lowest BCUT2D eigenvalue weighted by Crippen LogP contribution is -2.09. The molecule has 1 rings (SSSR count). The normalized spacial score (nSPS) is 9.57. The van der Waals surface area contributed by atoms with Gasteiger partial charge >= 0.3 is 0 Å². The van der Waals surface area contributed by atoms with Crippen molar-refractivity contribution < 1.29 is 4.79 Å². The SMILES string of the molecule is C=CC(=O)Nc1cc(CN)ccc1C. The number of hydrogen-bond acceptors (Lipinski definition) is 2. The fourth-order valence-corrected chi connectivity index (χ4v) is 1.11. The maximum atomic E-state index is 11.1. The molecule has 3 N–H and O–H groups in total. The molecule has 0 saturated carbocycles. The summed E-state index contributed by atoms with van der Waals surface area (Å²) in [5.41, 5.74) is 8.30. The second-order valence-corrected chi connectivity index (χ2v) is 3.05. The zero-order chi connectivity index (χ0) is 10.6. The Morgan fingerprint density at radius 2 is 2.36 bits per heavy atom. The zero-order valence-electron chi connectivity index (χ0n) is 8.21. The average Bonchev–Trinajstić information content (AvgIpc) is 2.21. The maximum Gasteiger partial charge on any atom is 0.247 e. The Balaban J connectivity index is 2.94. The number of carbonyl (C=O) groups is 1. The molecule has 3 heteroatoms. The number of hydrogen-bond donors (Lipinski definition) is 2. The van der Waals surface area contributed by atoms with E-state index < -0.39 is 0 Å². The van der Waals surface area contributed by atoms with E-state index in [9.17, 15) is 4.79 Å². The fraction of sp³-hybridized carbons (Fsp3) is 0.182. The van der Waals surface area contributed by atoms with Crippen molar-refractivity contribution in [3.63, 3.8) is 0 Å². The number of amides is 1. The summed E-state index contributed by atoms with van der Waals surface area (Å²) in [6.45, 7) is 5.79. The third-order valence-electron chi connectivity index (χ3n) is 1.98. The Hall–Kier alpha value is -1.61. The predicted octanol–water partition coefficient (Wildman–Crippen LogP) is 1.58. The van der Waals surface area contributed by atoms with Crippen LogP contribution in [0.4, 0.5) is 5.69 Å². The van der Waals surface area contributed by atoms with Gasteiger partial charge in [0.2, 0.25) is 5.91 Å². The van der Waals surface area contributed by atoms with Crippen molar-refractivity contribution in [1.29, 1.82) is 0 Å². The van der Waals surface area contributed by atoms with Gasteiger partial charge < -0.3 is 11.1 Å². The van der Waals surface area contributed by atoms with Crippen molar-refractivity contribution in [1.82, 2.24) is 0 Å². The zero-order valence-corrected chi connectivity index (χ0v) is 8.21. The Bertz CT molecular complexity index is 358. The highest BCUT2D eigenvalue weighted by atomic mass is 16.1. The molecule has 1 amide bonds. The first-order chi connectivity index (χ1) is 6.67. The van der Waals surface area contributed by atoms with Crippen LogP contribution in [0.1, 0.15) is 11.1 Å². The van der Waals surface area contributed by atoms with E-state index in [1.807, 2.05) is 25.1 Å². The van der Waals surface area contributed by atoms with E-state index in [2.05, 4.69) is 11.9 Å². The van der Waals surface area contributed by atoms with Gasteiger partial charge in [-0.25, -0.2) is 0 Å². The van der Waals surface area contributed by atoms with Gasteiger partial charge in [0.15, 0.2) is 0 Å². The minimum absolute atomic E-state index is 0.206. The summed E-state index contributed by atoms with van der Waals surface area (Å²) < 4.78 is 0. The van der Waals surface area contributed by atoms with Crippen molar-refractivity contribution in [2.45, 2.75) is 13.5 Å². The second-order valence-electron chi connectivity index (χ2n) is 3.05. The largest absolute Gasteiger partial charge is 0.326 e. The molecule has 74 valence electrons. The van der Waals surface area contributed by atoms with E-state index in [0.717, 1.165) is 16.8 Å². The molecule has 3 nitrogen and oxygen atoms in total. The first kappa shape index (κ1) is 10.5. The third kappa shape index (κ3) is 2.44. The van der Waals surface area contributed by atoms with Gasteiger partial charge in [0.1, 0.15) is 0 Å². The van der Waals surface area contributed by atoms with Crippen LogP contribution in [0.15, 0.2) is 30.9 Å². The molecule has 14 heavy (non-hydrogen) atoms. The number of anilines is 1. The molecule has 0 bridgehead atoms. The number of nitrogens with two attached hydrogens (primary N) is 1. The molecule has 0 spiro atoms. The van der Waals surface area contributed by atoms with Gasteiger partial charge in [-0.2, -0.15) is 0 Å². The summed E-state index contributed by atoms with van der Waals surface area (Å²) in [7, 11) is 0. The Kier molecular flexibility index (Phi) is 3.42. The quantitative estimate of drug-likeness (QED) is 0.711. The van der Waals surface area contributed by atoms with Crippen molar-refractivity contribution in [2.24, 2.45) is 5.73 Å². The van der Waals surface area contributed by atoms with E-state index in [1.54, 1.807) is 0 Å². The van der Waals surface area contributed by atoms with E-state index in [1.165, 1.54) is 6.08 Å². The number of aryl methyl sites for hydroxylation is 1. The molecule has 1 aromatic rings. The summed E-state index contributed by atoms with van der Waals surface area (Å²) in [6, 6.07) is 5.75. The molecular weight excluding hydrogens is 176 g/mol. The maximum absolute atomic E-state index is 11.1. The van der Waals surface area contributed by atoms with Crippen LogP contribution in [-0.2, 0) is 11.3 Å². The first-order valence-corrected chi connectivity index (χ1v) is 4.40.